The highest BCUT2D eigenvalue weighted by molar-refractivity contribution is 6.76. The number of benzene rings is 1. The first-order valence-electron chi connectivity index (χ1n) is 12.3. The van der Waals surface area contributed by atoms with Crippen molar-refractivity contribution < 1.29 is 23.4 Å². The second-order valence-electron chi connectivity index (χ2n) is 10.4. The molecule has 1 aliphatic rings. The molecule has 4 rings (SSSR count). The third-order valence-corrected chi connectivity index (χ3v) is 8.00. The zero-order valence-corrected chi connectivity index (χ0v) is 22.3. The van der Waals surface area contributed by atoms with Crippen molar-refractivity contribution in [1.29, 1.82) is 0 Å². The van der Waals surface area contributed by atoms with Crippen molar-refractivity contribution in [2.75, 3.05) is 19.8 Å². The molecule has 1 aromatic carbocycles. The van der Waals surface area contributed by atoms with E-state index < -0.39 is 14.0 Å². The molecule has 0 bridgehead atoms. The Labute approximate surface area is 207 Å². The molecule has 1 aliphatic carbocycles. The molecule has 0 radical (unpaired) electrons. The van der Waals surface area contributed by atoms with Crippen LogP contribution in [0.5, 0.6) is 5.75 Å². The second-order valence-corrected chi connectivity index (χ2v) is 16.0. The van der Waals surface area contributed by atoms with Crippen LogP contribution in [0.2, 0.25) is 25.7 Å². The summed E-state index contributed by atoms with van der Waals surface area (Å²) in [7, 11) is -1.25. The van der Waals surface area contributed by atoms with Gasteiger partial charge in [-0.1, -0.05) is 19.6 Å². The molecular weight excluding hydrogens is 463 g/mol. The minimum Gasteiger partial charge on any atom is -0.493 e. The van der Waals surface area contributed by atoms with Crippen LogP contribution in [-0.4, -0.2) is 43.4 Å². The van der Waals surface area contributed by atoms with Crippen LogP contribution in [-0.2, 0) is 16.2 Å². The summed E-state index contributed by atoms with van der Waals surface area (Å²) in [5.41, 5.74) is 4.03. The molecule has 3 aromatic rings. The highest BCUT2D eigenvalue weighted by atomic mass is 28.3. The van der Waals surface area contributed by atoms with Gasteiger partial charge in [0.1, 0.15) is 29.4 Å². The van der Waals surface area contributed by atoms with Crippen molar-refractivity contribution in [2.45, 2.75) is 59.1 Å². The topological polar surface area (TPSA) is 62.6 Å². The Kier molecular flexibility index (Phi) is 7.61. The summed E-state index contributed by atoms with van der Waals surface area (Å²) in [6.07, 6.45) is 3.96. The summed E-state index contributed by atoms with van der Waals surface area (Å²) in [5.74, 6) is 0.264. The van der Waals surface area contributed by atoms with Gasteiger partial charge in [-0.25, -0.2) is 9.18 Å². The molecule has 0 atom stereocenters. The maximum Gasteiger partial charge on any atom is 0.342 e. The number of esters is 1. The van der Waals surface area contributed by atoms with Gasteiger partial charge in [0, 0.05) is 43.8 Å². The summed E-state index contributed by atoms with van der Waals surface area (Å²) in [6, 6.07) is 7.52. The van der Waals surface area contributed by atoms with Crippen molar-refractivity contribution in [1.82, 2.24) is 9.55 Å². The minimum absolute atomic E-state index is 0.272. The summed E-state index contributed by atoms with van der Waals surface area (Å²) in [4.78, 5) is 17.5. The van der Waals surface area contributed by atoms with Crippen LogP contribution in [0.15, 0.2) is 30.5 Å². The molecule has 188 valence electrons. The summed E-state index contributed by atoms with van der Waals surface area (Å²) in [5, 5.41) is 0. The predicted molar refractivity (Wildman–Crippen MR) is 138 cm³/mol. The van der Waals surface area contributed by atoms with Gasteiger partial charge in [-0.2, -0.15) is 0 Å². The molecule has 35 heavy (non-hydrogen) atoms. The van der Waals surface area contributed by atoms with Gasteiger partial charge in [-0.3, -0.25) is 4.98 Å². The predicted octanol–water partition coefficient (Wildman–Crippen LogP) is 6.43. The number of carbonyl (C=O) groups excluding carboxylic acids is 1. The van der Waals surface area contributed by atoms with E-state index >= 15 is 0 Å². The van der Waals surface area contributed by atoms with Crippen molar-refractivity contribution in [3.8, 4) is 16.9 Å². The molecule has 0 N–H and O–H groups in total. The lowest BCUT2D eigenvalue weighted by Crippen LogP contribution is -2.22. The van der Waals surface area contributed by atoms with Crippen molar-refractivity contribution in [3.63, 3.8) is 0 Å². The molecule has 0 aliphatic heterocycles. The monoisotopic (exact) mass is 498 g/mol. The lowest BCUT2D eigenvalue weighted by molar-refractivity contribution is 0.0525. The number of hydrogen-bond donors (Lipinski definition) is 0. The van der Waals surface area contributed by atoms with Crippen molar-refractivity contribution >= 4 is 25.1 Å². The molecule has 0 saturated heterocycles. The van der Waals surface area contributed by atoms with Crippen LogP contribution >= 0.6 is 0 Å². The SMILES string of the molecule is CCOC(=O)c1c(C)n(COCC[Si](C)(C)C)c2c(-c3ccc(F)cc3OCC3CC3)ccnc12. The first-order chi connectivity index (χ1) is 16.7. The normalized spacial score (nSPS) is 13.9. The van der Waals surface area contributed by atoms with E-state index in [1.54, 1.807) is 19.2 Å². The fourth-order valence-electron chi connectivity index (χ4n) is 4.07. The Morgan fingerprint density at radius 2 is 1.97 bits per heavy atom. The van der Waals surface area contributed by atoms with Crippen molar-refractivity contribution in [3.05, 3.63) is 47.5 Å². The Balaban J connectivity index is 1.81. The zero-order valence-electron chi connectivity index (χ0n) is 21.3. The van der Waals surface area contributed by atoms with E-state index in [0.717, 1.165) is 41.2 Å². The Morgan fingerprint density at radius 1 is 1.20 bits per heavy atom. The van der Waals surface area contributed by atoms with Gasteiger partial charge in [0.15, 0.2) is 0 Å². The highest BCUT2D eigenvalue weighted by Crippen LogP contribution is 2.39. The van der Waals surface area contributed by atoms with Crippen LogP contribution in [0.25, 0.3) is 22.2 Å². The fourth-order valence-corrected chi connectivity index (χ4v) is 4.83. The smallest absolute Gasteiger partial charge is 0.342 e. The summed E-state index contributed by atoms with van der Waals surface area (Å²) < 4.78 is 33.7. The highest BCUT2D eigenvalue weighted by Gasteiger charge is 2.27. The number of hydrogen-bond acceptors (Lipinski definition) is 5. The van der Waals surface area contributed by atoms with Gasteiger partial charge < -0.3 is 18.8 Å². The van der Waals surface area contributed by atoms with Gasteiger partial charge in [-0.15, -0.1) is 0 Å². The molecule has 0 spiro atoms. The molecule has 1 saturated carbocycles. The molecule has 0 amide bonds. The van der Waals surface area contributed by atoms with Gasteiger partial charge in [0.25, 0.3) is 0 Å². The number of ether oxygens (including phenoxy) is 3. The number of fused-ring (bicyclic) bond motifs is 1. The first-order valence-corrected chi connectivity index (χ1v) is 16.1. The quantitative estimate of drug-likeness (QED) is 0.173. The average Bonchev–Trinajstić information content (AvgIpc) is 3.58. The number of carbonyl (C=O) groups is 1. The first kappa shape index (κ1) is 25.4. The van der Waals surface area contributed by atoms with Crippen LogP contribution in [0.3, 0.4) is 0 Å². The van der Waals surface area contributed by atoms with Gasteiger partial charge in [0.05, 0.1) is 18.7 Å². The maximum atomic E-state index is 14.2. The summed E-state index contributed by atoms with van der Waals surface area (Å²) in [6.45, 7) is 12.4. The van der Waals surface area contributed by atoms with Gasteiger partial charge >= 0.3 is 5.97 Å². The largest absolute Gasteiger partial charge is 0.493 e. The number of rotatable bonds is 11. The fraction of sp³-hybridized carbons (Fsp3) is 0.481. The minimum atomic E-state index is -1.25. The molecule has 8 heteroatoms. The van der Waals surface area contributed by atoms with E-state index in [-0.39, 0.29) is 19.2 Å². The summed E-state index contributed by atoms with van der Waals surface area (Å²) >= 11 is 0. The molecule has 2 heterocycles. The second kappa shape index (κ2) is 10.5. The third-order valence-electron chi connectivity index (χ3n) is 6.30. The van der Waals surface area contributed by atoms with E-state index in [1.165, 1.54) is 12.1 Å². The van der Waals surface area contributed by atoms with Crippen molar-refractivity contribution in [2.24, 2.45) is 5.92 Å². The number of nitrogens with zero attached hydrogens (tertiary/aromatic N) is 2. The third kappa shape index (κ3) is 5.93. The lowest BCUT2D eigenvalue weighted by Gasteiger charge is -2.17. The van der Waals surface area contributed by atoms with Crippen LogP contribution in [0.4, 0.5) is 4.39 Å². The van der Waals surface area contributed by atoms with E-state index in [2.05, 4.69) is 24.6 Å². The van der Waals surface area contributed by atoms with E-state index in [1.807, 2.05) is 17.6 Å². The molecule has 2 aromatic heterocycles. The Morgan fingerprint density at radius 3 is 2.66 bits per heavy atom. The lowest BCUT2D eigenvalue weighted by atomic mass is 10.0. The van der Waals surface area contributed by atoms with Gasteiger partial charge in [0.2, 0.25) is 0 Å². The van der Waals surface area contributed by atoms with Gasteiger partial charge in [-0.05, 0) is 56.9 Å². The Hall–Kier alpha value is -2.71. The Bertz CT molecular complexity index is 1210. The maximum absolute atomic E-state index is 14.2. The van der Waals surface area contributed by atoms with E-state index in [4.69, 9.17) is 14.2 Å². The van der Waals surface area contributed by atoms with Crippen LogP contribution in [0, 0.1) is 18.7 Å². The number of aromatic nitrogens is 2. The van der Waals surface area contributed by atoms with E-state index in [0.29, 0.717) is 36.0 Å². The number of pyridine rings is 1. The molecular formula is C27H35FN2O4Si. The molecule has 1 fully saturated rings. The van der Waals surface area contributed by atoms with E-state index in [9.17, 15) is 9.18 Å². The van der Waals surface area contributed by atoms with Crippen LogP contribution in [0.1, 0.15) is 35.8 Å². The standard InChI is InChI=1S/C27H35FN2O4Si/c1-6-33-27(31)24-18(2)30(17-32-13-14-35(3,4)5)26-22(11-12-29-25(24)26)21-10-9-20(28)15-23(21)34-16-19-7-8-19/h9-12,15,19H,6-8,13-14,16-17H2,1-5H3. The molecule has 6 nitrogen and oxygen atoms in total. The average molecular weight is 499 g/mol. The van der Waals surface area contributed by atoms with Crippen LogP contribution < -0.4 is 4.74 Å². The number of halogens is 1. The zero-order chi connectivity index (χ0) is 25.2. The molecule has 0 unspecified atom stereocenters.